The average molecular weight is 377 g/mol. The fourth-order valence-corrected chi connectivity index (χ4v) is 3.67. The second-order valence-electron chi connectivity index (χ2n) is 5.70. The van der Waals surface area contributed by atoms with Gasteiger partial charge in [0.2, 0.25) is 15.9 Å². The molecule has 1 atom stereocenters. The molecule has 26 heavy (non-hydrogen) atoms. The second kappa shape index (κ2) is 8.66. The van der Waals surface area contributed by atoms with Crippen LogP contribution in [0.5, 0.6) is 5.75 Å². The molecule has 2 aromatic rings. The number of carbonyl (C=O) groups is 1. The van der Waals surface area contributed by atoms with E-state index in [1.807, 2.05) is 13.0 Å². The van der Waals surface area contributed by atoms with Crippen molar-refractivity contribution in [3.63, 3.8) is 0 Å². The highest BCUT2D eigenvalue weighted by molar-refractivity contribution is 7.92. The van der Waals surface area contributed by atoms with E-state index in [0.29, 0.717) is 23.7 Å². The first-order chi connectivity index (χ1) is 12.3. The van der Waals surface area contributed by atoms with Crippen LogP contribution in [0.3, 0.4) is 0 Å². The first-order valence-corrected chi connectivity index (χ1v) is 10.1. The van der Waals surface area contributed by atoms with Gasteiger partial charge in [-0.3, -0.25) is 14.1 Å². The lowest BCUT2D eigenvalue weighted by Gasteiger charge is -2.28. The van der Waals surface area contributed by atoms with Gasteiger partial charge >= 0.3 is 0 Å². The van der Waals surface area contributed by atoms with E-state index in [1.54, 1.807) is 49.5 Å². The van der Waals surface area contributed by atoms with Gasteiger partial charge in [-0.2, -0.15) is 0 Å². The monoisotopic (exact) mass is 377 g/mol. The van der Waals surface area contributed by atoms with Crippen molar-refractivity contribution in [1.82, 2.24) is 10.3 Å². The summed E-state index contributed by atoms with van der Waals surface area (Å²) in [6.45, 7) is 4.16. The number of hydrogen-bond acceptors (Lipinski definition) is 5. The Morgan fingerprint density at radius 3 is 2.46 bits per heavy atom. The van der Waals surface area contributed by atoms with Crippen LogP contribution in [0.4, 0.5) is 5.69 Å². The van der Waals surface area contributed by atoms with E-state index in [-0.39, 0.29) is 6.54 Å². The Morgan fingerprint density at radius 1 is 1.23 bits per heavy atom. The molecule has 0 radical (unpaired) electrons. The van der Waals surface area contributed by atoms with Crippen LogP contribution < -0.4 is 14.4 Å². The zero-order valence-corrected chi connectivity index (χ0v) is 15.9. The molecule has 7 nitrogen and oxygen atoms in total. The third-order valence-corrected chi connectivity index (χ3v) is 4.90. The Kier molecular flexibility index (Phi) is 6.57. The normalized spacial score (nSPS) is 12.3. The Hall–Kier alpha value is -2.61. The van der Waals surface area contributed by atoms with Gasteiger partial charge < -0.3 is 10.1 Å². The lowest BCUT2D eigenvalue weighted by molar-refractivity contribution is -0.122. The lowest BCUT2D eigenvalue weighted by Crippen LogP contribution is -2.47. The van der Waals surface area contributed by atoms with Crippen molar-refractivity contribution >= 4 is 21.6 Å². The molecule has 1 N–H and O–H groups in total. The summed E-state index contributed by atoms with van der Waals surface area (Å²) >= 11 is 0. The number of hydrogen-bond donors (Lipinski definition) is 1. The van der Waals surface area contributed by atoms with Gasteiger partial charge in [0.05, 0.1) is 30.8 Å². The van der Waals surface area contributed by atoms with Gasteiger partial charge in [-0.15, -0.1) is 0 Å². The molecular formula is C18H23N3O4S. The predicted molar refractivity (Wildman–Crippen MR) is 100 cm³/mol. The van der Waals surface area contributed by atoms with Gasteiger partial charge in [0.25, 0.3) is 0 Å². The van der Waals surface area contributed by atoms with Crippen molar-refractivity contribution in [3.8, 4) is 5.75 Å². The van der Waals surface area contributed by atoms with E-state index in [2.05, 4.69) is 10.3 Å². The number of nitrogens with zero attached hydrogens (tertiary/aromatic N) is 2. The smallest absolute Gasteiger partial charge is 0.243 e. The van der Waals surface area contributed by atoms with E-state index in [0.717, 1.165) is 10.6 Å². The number of carbonyl (C=O) groups excluding carboxylic acids is 1. The molecule has 0 fully saturated rings. The minimum atomic E-state index is -3.65. The molecule has 0 aliphatic carbocycles. The average Bonchev–Trinajstić information content (AvgIpc) is 2.61. The topological polar surface area (TPSA) is 88.6 Å². The van der Waals surface area contributed by atoms with Gasteiger partial charge in [0, 0.05) is 6.20 Å². The third kappa shape index (κ3) is 5.19. The molecule has 0 aliphatic heterocycles. The SMILES string of the molecule is CCOc1ccc(N([C@H](C)C(=O)NCc2ccccn2)S(C)(=O)=O)cc1. The number of sulfonamides is 1. The quantitative estimate of drug-likeness (QED) is 0.760. The summed E-state index contributed by atoms with van der Waals surface area (Å²) < 4.78 is 31.0. The second-order valence-corrected chi connectivity index (χ2v) is 7.56. The third-order valence-electron chi connectivity index (χ3n) is 3.66. The summed E-state index contributed by atoms with van der Waals surface area (Å²) in [5.74, 6) is 0.229. The number of pyridine rings is 1. The minimum Gasteiger partial charge on any atom is -0.494 e. The summed E-state index contributed by atoms with van der Waals surface area (Å²) in [4.78, 5) is 16.6. The van der Waals surface area contributed by atoms with Crippen molar-refractivity contribution in [3.05, 3.63) is 54.4 Å². The molecule has 0 saturated carbocycles. The van der Waals surface area contributed by atoms with Crippen molar-refractivity contribution in [2.75, 3.05) is 17.2 Å². The first-order valence-electron chi connectivity index (χ1n) is 8.22. The molecule has 1 amide bonds. The van der Waals surface area contributed by atoms with Gasteiger partial charge in [0.1, 0.15) is 11.8 Å². The largest absolute Gasteiger partial charge is 0.494 e. The minimum absolute atomic E-state index is 0.227. The van der Waals surface area contributed by atoms with Crippen LogP contribution in [0.15, 0.2) is 48.7 Å². The van der Waals surface area contributed by atoms with E-state index in [4.69, 9.17) is 4.74 Å². The van der Waals surface area contributed by atoms with Gasteiger partial charge in [0.15, 0.2) is 0 Å². The standard InChI is InChI=1S/C18H23N3O4S/c1-4-25-17-10-8-16(9-11-17)21(26(3,23)24)14(2)18(22)20-13-15-7-5-6-12-19-15/h5-12,14H,4,13H2,1-3H3,(H,20,22)/t14-/m1/s1. The summed E-state index contributed by atoms with van der Waals surface area (Å²) in [7, 11) is -3.65. The fraction of sp³-hybridized carbons (Fsp3) is 0.333. The Morgan fingerprint density at radius 2 is 1.92 bits per heavy atom. The first kappa shape index (κ1) is 19.7. The number of anilines is 1. The van der Waals surface area contributed by atoms with Gasteiger partial charge in [-0.1, -0.05) is 6.07 Å². The van der Waals surface area contributed by atoms with Crippen molar-refractivity contribution in [1.29, 1.82) is 0 Å². The number of rotatable bonds is 8. The zero-order chi connectivity index (χ0) is 19.2. The van der Waals surface area contributed by atoms with Crippen molar-refractivity contribution < 1.29 is 17.9 Å². The van der Waals surface area contributed by atoms with E-state index in [9.17, 15) is 13.2 Å². The molecule has 0 bridgehead atoms. The fourth-order valence-electron chi connectivity index (χ4n) is 2.49. The number of ether oxygens (including phenoxy) is 1. The van der Waals surface area contributed by atoms with E-state index < -0.39 is 22.0 Å². The lowest BCUT2D eigenvalue weighted by atomic mass is 10.2. The van der Waals surface area contributed by atoms with Gasteiger partial charge in [-0.05, 0) is 50.2 Å². The summed E-state index contributed by atoms with van der Waals surface area (Å²) in [5, 5.41) is 2.72. The van der Waals surface area contributed by atoms with Crippen LogP contribution in [0.2, 0.25) is 0 Å². The maximum absolute atomic E-state index is 12.5. The Labute approximate surface area is 154 Å². The summed E-state index contributed by atoms with van der Waals surface area (Å²) in [6, 6.07) is 11.1. The molecule has 2 rings (SSSR count). The molecule has 0 spiro atoms. The molecule has 1 heterocycles. The number of nitrogens with one attached hydrogen (secondary N) is 1. The van der Waals surface area contributed by atoms with Crippen molar-refractivity contribution in [2.45, 2.75) is 26.4 Å². The van der Waals surface area contributed by atoms with E-state index in [1.165, 1.54) is 0 Å². The number of amides is 1. The van der Waals surface area contributed by atoms with Crippen LogP contribution in [0.1, 0.15) is 19.5 Å². The highest BCUT2D eigenvalue weighted by Gasteiger charge is 2.29. The molecular weight excluding hydrogens is 354 g/mol. The maximum Gasteiger partial charge on any atom is 0.243 e. The number of benzene rings is 1. The highest BCUT2D eigenvalue weighted by Crippen LogP contribution is 2.24. The molecule has 0 saturated heterocycles. The van der Waals surface area contributed by atoms with Crippen LogP contribution in [-0.2, 0) is 21.4 Å². The molecule has 1 aromatic carbocycles. The number of aromatic nitrogens is 1. The predicted octanol–water partition coefficient (Wildman–Crippen LogP) is 1.95. The highest BCUT2D eigenvalue weighted by atomic mass is 32.2. The van der Waals surface area contributed by atoms with Crippen molar-refractivity contribution in [2.24, 2.45) is 0 Å². The molecule has 8 heteroatoms. The molecule has 1 aromatic heterocycles. The van der Waals surface area contributed by atoms with Crippen LogP contribution in [-0.4, -0.2) is 38.2 Å². The molecule has 0 aliphatic rings. The molecule has 140 valence electrons. The van der Waals surface area contributed by atoms with Crippen LogP contribution in [0, 0.1) is 0 Å². The zero-order valence-electron chi connectivity index (χ0n) is 15.0. The van der Waals surface area contributed by atoms with Gasteiger partial charge in [-0.25, -0.2) is 8.42 Å². The summed E-state index contributed by atoms with van der Waals surface area (Å²) in [5.41, 5.74) is 1.09. The van der Waals surface area contributed by atoms with E-state index >= 15 is 0 Å². The Bertz CT molecular complexity index is 823. The Balaban J connectivity index is 2.16. The van der Waals surface area contributed by atoms with Crippen LogP contribution in [0.25, 0.3) is 0 Å². The maximum atomic E-state index is 12.5. The molecule has 0 unspecified atom stereocenters. The summed E-state index contributed by atoms with van der Waals surface area (Å²) in [6.07, 6.45) is 2.71. The van der Waals surface area contributed by atoms with Crippen LogP contribution >= 0.6 is 0 Å².